The molecule has 3 heteroatoms. The van der Waals surface area contributed by atoms with Crippen molar-refractivity contribution >= 4 is 12.7 Å². The molecule has 1 aromatic carbocycles. The van der Waals surface area contributed by atoms with Gasteiger partial charge in [-0.2, -0.15) is 0 Å². The van der Waals surface area contributed by atoms with Gasteiger partial charge in [-0.15, -0.1) is 0 Å². The van der Waals surface area contributed by atoms with Crippen LogP contribution >= 0.6 is 7.37 Å². The summed E-state index contributed by atoms with van der Waals surface area (Å²) in [4.78, 5) is 0. The van der Waals surface area contributed by atoms with E-state index >= 15 is 0 Å². The van der Waals surface area contributed by atoms with Gasteiger partial charge in [0.1, 0.15) is 0 Å². The molecule has 0 saturated carbocycles. The summed E-state index contributed by atoms with van der Waals surface area (Å²) < 4.78 is 18.2. The van der Waals surface area contributed by atoms with Gasteiger partial charge in [0, 0.05) is 12.0 Å². The van der Waals surface area contributed by atoms with Crippen molar-refractivity contribution in [3.8, 4) is 0 Å². The molecule has 0 aromatic heterocycles. The van der Waals surface area contributed by atoms with Crippen molar-refractivity contribution in [3.63, 3.8) is 0 Å². The van der Waals surface area contributed by atoms with Crippen molar-refractivity contribution in [2.75, 3.05) is 13.3 Å². The van der Waals surface area contributed by atoms with Crippen LogP contribution in [0.15, 0.2) is 30.3 Å². The highest BCUT2D eigenvalue weighted by atomic mass is 31.2. The molecule has 2 unspecified atom stereocenters. The van der Waals surface area contributed by atoms with E-state index in [-0.39, 0.29) is 0 Å². The highest BCUT2D eigenvalue weighted by Crippen LogP contribution is 2.41. The maximum absolute atomic E-state index is 12.5. The highest BCUT2D eigenvalue weighted by Gasteiger charge is 2.20. The van der Waals surface area contributed by atoms with E-state index in [1.165, 1.54) is 19.3 Å². The van der Waals surface area contributed by atoms with Gasteiger partial charge in [0.15, 0.2) is 0 Å². The van der Waals surface area contributed by atoms with Crippen LogP contribution in [0.5, 0.6) is 0 Å². The zero-order valence-corrected chi connectivity index (χ0v) is 12.7. The third kappa shape index (κ3) is 4.96. The van der Waals surface area contributed by atoms with E-state index in [1.54, 1.807) is 6.66 Å². The lowest BCUT2D eigenvalue weighted by Crippen LogP contribution is -2.12. The summed E-state index contributed by atoms with van der Waals surface area (Å²) in [5, 5.41) is 0.815. The van der Waals surface area contributed by atoms with Crippen LogP contribution in [0.3, 0.4) is 0 Å². The molecule has 18 heavy (non-hydrogen) atoms. The van der Waals surface area contributed by atoms with Crippen molar-refractivity contribution < 1.29 is 9.09 Å². The number of hydrogen-bond acceptors (Lipinski definition) is 2. The molecule has 2 atom stereocenters. The highest BCUT2D eigenvalue weighted by molar-refractivity contribution is 7.66. The number of benzene rings is 1. The smallest absolute Gasteiger partial charge is 0.229 e. The summed E-state index contributed by atoms with van der Waals surface area (Å²) in [7, 11) is -2.64. The summed E-state index contributed by atoms with van der Waals surface area (Å²) >= 11 is 0. The van der Waals surface area contributed by atoms with Crippen LogP contribution in [-0.2, 0) is 9.09 Å². The molecule has 0 aliphatic heterocycles. The van der Waals surface area contributed by atoms with Crippen LogP contribution in [0.25, 0.3) is 0 Å². The molecule has 0 spiro atoms. The second kappa shape index (κ2) is 7.76. The van der Waals surface area contributed by atoms with Crippen molar-refractivity contribution in [2.24, 2.45) is 5.92 Å². The predicted octanol–water partition coefficient (Wildman–Crippen LogP) is 4.45. The van der Waals surface area contributed by atoms with Crippen LogP contribution < -0.4 is 5.30 Å². The Kier molecular flexibility index (Phi) is 6.67. The molecule has 0 aliphatic rings. The number of hydrogen-bond donors (Lipinski definition) is 0. The van der Waals surface area contributed by atoms with Crippen molar-refractivity contribution in [3.05, 3.63) is 30.3 Å². The fourth-order valence-corrected chi connectivity index (χ4v) is 3.28. The third-order valence-electron chi connectivity index (χ3n) is 3.33. The molecule has 2 nitrogen and oxygen atoms in total. The van der Waals surface area contributed by atoms with Gasteiger partial charge in [0.05, 0.1) is 6.61 Å². The molecular formula is C15H25O2P. The van der Waals surface area contributed by atoms with Crippen molar-refractivity contribution in [1.29, 1.82) is 0 Å². The SMILES string of the molecule is CCCCC(CC)COP(C)(=O)c1ccccc1. The van der Waals surface area contributed by atoms with Crippen LogP contribution in [0, 0.1) is 5.92 Å². The van der Waals surface area contributed by atoms with E-state index in [1.807, 2.05) is 30.3 Å². The minimum Gasteiger partial charge on any atom is -0.325 e. The first-order chi connectivity index (χ1) is 8.60. The molecule has 0 N–H and O–H groups in total. The van der Waals surface area contributed by atoms with E-state index < -0.39 is 7.37 Å². The monoisotopic (exact) mass is 268 g/mol. The number of unbranched alkanes of at least 4 members (excludes halogenated alkanes) is 1. The Labute approximate surface area is 111 Å². The maximum atomic E-state index is 12.5. The second-order valence-corrected chi connectivity index (χ2v) is 7.36. The Morgan fingerprint density at radius 2 is 1.89 bits per heavy atom. The van der Waals surface area contributed by atoms with Gasteiger partial charge < -0.3 is 4.52 Å². The average molecular weight is 268 g/mol. The topological polar surface area (TPSA) is 26.3 Å². The molecule has 0 amide bonds. The summed E-state index contributed by atoms with van der Waals surface area (Å²) in [6.07, 6.45) is 4.69. The standard InChI is InChI=1S/C15H25O2P/c1-4-6-10-14(5-2)13-17-18(3,16)15-11-8-7-9-12-15/h7-9,11-12,14H,4-6,10,13H2,1-3H3. The molecule has 0 saturated heterocycles. The Morgan fingerprint density at radius 3 is 2.44 bits per heavy atom. The quantitative estimate of drug-likeness (QED) is 0.651. The molecule has 102 valence electrons. The van der Waals surface area contributed by atoms with Gasteiger partial charge in [0.2, 0.25) is 7.37 Å². The van der Waals surface area contributed by atoms with Crippen LogP contribution in [0.4, 0.5) is 0 Å². The lowest BCUT2D eigenvalue weighted by atomic mass is 10.0. The molecule has 0 fully saturated rings. The predicted molar refractivity (Wildman–Crippen MR) is 78.9 cm³/mol. The lowest BCUT2D eigenvalue weighted by molar-refractivity contribution is 0.240. The van der Waals surface area contributed by atoms with E-state index in [2.05, 4.69) is 13.8 Å². The van der Waals surface area contributed by atoms with Crippen LogP contribution in [0.1, 0.15) is 39.5 Å². The fraction of sp³-hybridized carbons (Fsp3) is 0.600. The van der Waals surface area contributed by atoms with E-state index in [4.69, 9.17) is 4.52 Å². The zero-order valence-electron chi connectivity index (χ0n) is 11.8. The second-order valence-electron chi connectivity index (χ2n) is 4.89. The third-order valence-corrected chi connectivity index (χ3v) is 5.20. The van der Waals surface area contributed by atoms with Crippen molar-refractivity contribution in [2.45, 2.75) is 39.5 Å². The molecule has 0 radical (unpaired) electrons. The molecule has 1 rings (SSSR count). The van der Waals surface area contributed by atoms with Gasteiger partial charge in [-0.05, 0) is 24.5 Å². The average Bonchev–Trinajstić information content (AvgIpc) is 2.40. The van der Waals surface area contributed by atoms with Gasteiger partial charge in [-0.1, -0.05) is 51.3 Å². The zero-order chi connectivity index (χ0) is 13.4. The first kappa shape index (κ1) is 15.5. The fourth-order valence-electron chi connectivity index (χ4n) is 1.92. The number of rotatable bonds is 8. The normalized spacial score (nSPS) is 16.2. The Morgan fingerprint density at radius 1 is 1.22 bits per heavy atom. The summed E-state index contributed by atoms with van der Waals surface area (Å²) in [6.45, 7) is 6.70. The van der Waals surface area contributed by atoms with Crippen molar-refractivity contribution in [1.82, 2.24) is 0 Å². The molecule has 0 aliphatic carbocycles. The summed E-state index contributed by atoms with van der Waals surface area (Å²) in [5.74, 6) is 0.530. The van der Waals surface area contributed by atoms with Gasteiger partial charge >= 0.3 is 0 Å². The Hall–Kier alpha value is -0.590. The molecular weight excluding hydrogens is 243 g/mol. The summed E-state index contributed by atoms with van der Waals surface area (Å²) in [5.41, 5.74) is 0. The Bertz CT molecular complexity index is 375. The van der Waals surface area contributed by atoms with E-state index in [9.17, 15) is 4.57 Å². The van der Waals surface area contributed by atoms with Gasteiger partial charge in [0.25, 0.3) is 0 Å². The Balaban J connectivity index is 2.53. The maximum Gasteiger partial charge on any atom is 0.229 e. The largest absolute Gasteiger partial charge is 0.325 e. The minimum atomic E-state index is -2.64. The lowest BCUT2D eigenvalue weighted by Gasteiger charge is -2.19. The molecule has 0 heterocycles. The molecule has 0 bridgehead atoms. The van der Waals surface area contributed by atoms with Crippen LogP contribution in [-0.4, -0.2) is 13.3 Å². The van der Waals surface area contributed by atoms with Crippen LogP contribution in [0.2, 0.25) is 0 Å². The first-order valence-corrected chi connectivity index (χ1v) is 8.95. The van der Waals surface area contributed by atoms with E-state index in [0.717, 1.165) is 11.7 Å². The van der Waals surface area contributed by atoms with Gasteiger partial charge in [-0.3, -0.25) is 4.57 Å². The molecule has 1 aromatic rings. The minimum absolute atomic E-state index is 0.530. The first-order valence-electron chi connectivity index (χ1n) is 6.87. The summed E-state index contributed by atoms with van der Waals surface area (Å²) in [6, 6.07) is 9.51. The van der Waals surface area contributed by atoms with Gasteiger partial charge in [-0.25, -0.2) is 0 Å². The van der Waals surface area contributed by atoms with E-state index in [0.29, 0.717) is 12.5 Å².